The highest BCUT2D eigenvalue weighted by Crippen LogP contribution is 2.43. The van der Waals surface area contributed by atoms with Crippen LogP contribution in [0.2, 0.25) is 0 Å². The zero-order valence-corrected chi connectivity index (χ0v) is 9.59. The Labute approximate surface area is 98.3 Å². The third kappa shape index (κ3) is 1.81. The first-order valence-corrected chi connectivity index (χ1v) is 5.67. The molecule has 1 saturated carbocycles. The van der Waals surface area contributed by atoms with Crippen molar-refractivity contribution in [2.24, 2.45) is 0 Å². The van der Waals surface area contributed by atoms with Crippen LogP contribution < -0.4 is 0 Å². The molecular weight excluding hydrogens is 226 g/mol. The SMILES string of the molecule is Cc1cc(F)c(F)cc1C1(C(=O)O)CCCC1. The van der Waals surface area contributed by atoms with Crippen LogP contribution in [0.3, 0.4) is 0 Å². The molecule has 1 aliphatic rings. The number of aliphatic carboxylic acids is 1. The van der Waals surface area contributed by atoms with Crippen LogP contribution in [0.4, 0.5) is 8.78 Å². The predicted molar refractivity (Wildman–Crippen MR) is 58.9 cm³/mol. The summed E-state index contributed by atoms with van der Waals surface area (Å²) in [7, 11) is 0. The number of halogens is 2. The number of aryl methyl sites for hydroxylation is 1. The molecule has 1 aromatic carbocycles. The lowest BCUT2D eigenvalue weighted by atomic mass is 9.77. The third-order valence-electron chi connectivity index (χ3n) is 3.65. The summed E-state index contributed by atoms with van der Waals surface area (Å²) in [5, 5.41) is 9.39. The number of carbonyl (C=O) groups is 1. The first-order valence-electron chi connectivity index (χ1n) is 5.67. The minimum Gasteiger partial charge on any atom is -0.481 e. The van der Waals surface area contributed by atoms with Crippen LogP contribution in [0.1, 0.15) is 36.8 Å². The Bertz CT molecular complexity index is 463. The van der Waals surface area contributed by atoms with Crippen LogP contribution in [0.25, 0.3) is 0 Å². The molecule has 0 spiro atoms. The molecule has 92 valence electrons. The lowest BCUT2D eigenvalue weighted by molar-refractivity contribution is -0.143. The van der Waals surface area contributed by atoms with Crippen LogP contribution in [0, 0.1) is 18.6 Å². The normalized spacial score (nSPS) is 18.3. The van der Waals surface area contributed by atoms with Crippen molar-refractivity contribution < 1.29 is 18.7 Å². The van der Waals surface area contributed by atoms with Crippen LogP contribution in [-0.4, -0.2) is 11.1 Å². The second kappa shape index (κ2) is 4.09. The standard InChI is InChI=1S/C13H14F2O2/c1-8-6-10(14)11(15)7-9(8)13(12(16)17)4-2-3-5-13/h6-7H,2-5H2,1H3,(H,16,17). The number of benzene rings is 1. The lowest BCUT2D eigenvalue weighted by Gasteiger charge is -2.26. The molecule has 1 aliphatic carbocycles. The molecule has 0 unspecified atom stereocenters. The molecule has 1 N–H and O–H groups in total. The maximum atomic E-state index is 13.3. The van der Waals surface area contributed by atoms with Gasteiger partial charge in [-0.3, -0.25) is 4.79 Å². The van der Waals surface area contributed by atoms with E-state index in [1.807, 2.05) is 0 Å². The van der Waals surface area contributed by atoms with E-state index in [9.17, 15) is 18.7 Å². The molecule has 2 nitrogen and oxygen atoms in total. The molecule has 1 fully saturated rings. The summed E-state index contributed by atoms with van der Waals surface area (Å²) in [6, 6.07) is 2.12. The van der Waals surface area contributed by atoms with E-state index in [4.69, 9.17) is 0 Å². The number of hydrogen-bond acceptors (Lipinski definition) is 1. The van der Waals surface area contributed by atoms with Crippen LogP contribution in [0.5, 0.6) is 0 Å². The van der Waals surface area contributed by atoms with Gasteiger partial charge in [-0.2, -0.15) is 0 Å². The van der Waals surface area contributed by atoms with E-state index in [1.54, 1.807) is 6.92 Å². The Morgan fingerprint density at radius 1 is 1.24 bits per heavy atom. The highest BCUT2D eigenvalue weighted by Gasteiger charge is 2.44. The first kappa shape index (κ1) is 12.0. The molecule has 0 atom stereocenters. The largest absolute Gasteiger partial charge is 0.481 e. The minimum absolute atomic E-state index is 0.418. The summed E-state index contributed by atoms with van der Waals surface area (Å²) >= 11 is 0. The van der Waals surface area contributed by atoms with E-state index in [1.165, 1.54) is 0 Å². The van der Waals surface area contributed by atoms with Crippen molar-refractivity contribution in [3.05, 3.63) is 34.9 Å². The predicted octanol–water partition coefficient (Wildman–Crippen LogP) is 3.17. The maximum Gasteiger partial charge on any atom is 0.314 e. The summed E-state index contributed by atoms with van der Waals surface area (Å²) in [6.07, 6.45) is 2.61. The fraction of sp³-hybridized carbons (Fsp3) is 0.462. The molecule has 1 aromatic rings. The highest BCUT2D eigenvalue weighted by atomic mass is 19.2. The van der Waals surface area contributed by atoms with E-state index >= 15 is 0 Å². The van der Waals surface area contributed by atoms with Crippen molar-refractivity contribution in [3.8, 4) is 0 Å². The van der Waals surface area contributed by atoms with Crippen molar-refractivity contribution >= 4 is 5.97 Å². The van der Waals surface area contributed by atoms with Gasteiger partial charge in [0.05, 0.1) is 5.41 Å². The molecular formula is C13H14F2O2. The Kier molecular flexibility index (Phi) is 2.89. The van der Waals surface area contributed by atoms with E-state index in [0.717, 1.165) is 25.0 Å². The van der Waals surface area contributed by atoms with E-state index < -0.39 is 23.0 Å². The molecule has 0 radical (unpaired) electrons. The molecule has 0 bridgehead atoms. The molecule has 0 heterocycles. The van der Waals surface area contributed by atoms with Crippen molar-refractivity contribution in [1.29, 1.82) is 0 Å². The average Bonchev–Trinajstić information content (AvgIpc) is 2.73. The molecule has 0 saturated heterocycles. The third-order valence-corrected chi connectivity index (χ3v) is 3.65. The number of carboxylic acids is 1. The zero-order chi connectivity index (χ0) is 12.6. The summed E-state index contributed by atoms with van der Waals surface area (Å²) in [5.41, 5.74) is -0.104. The Morgan fingerprint density at radius 3 is 2.29 bits per heavy atom. The molecule has 17 heavy (non-hydrogen) atoms. The molecule has 0 aliphatic heterocycles. The summed E-state index contributed by atoms with van der Waals surface area (Å²) < 4.78 is 26.3. The average molecular weight is 240 g/mol. The molecule has 4 heteroatoms. The van der Waals surface area contributed by atoms with Gasteiger partial charge >= 0.3 is 5.97 Å². The van der Waals surface area contributed by atoms with Gasteiger partial charge in [-0.1, -0.05) is 12.8 Å². The second-order valence-electron chi connectivity index (χ2n) is 4.68. The monoisotopic (exact) mass is 240 g/mol. The fourth-order valence-corrected chi connectivity index (χ4v) is 2.74. The fourth-order valence-electron chi connectivity index (χ4n) is 2.74. The quantitative estimate of drug-likeness (QED) is 0.862. The number of rotatable bonds is 2. The first-order chi connectivity index (χ1) is 7.97. The van der Waals surface area contributed by atoms with Gasteiger partial charge in [0.25, 0.3) is 0 Å². The molecule has 0 aromatic heterocycles. The Morgan fingerprint density at radius 2 is 1.76 bits per heavy atom. The van der Waals surface area contributed by atoms with Gasteiger partial charge in [-0.25, -0.2) is 8.78 Å². The molecule has 0 amide bonds. The van der Waals surface area contributed by atoms with Crippen molar-refractivity contribution in [3.63, 3.8) is 0 Å². The van der Waals surface area contributed by atoms with Gasteiger partial charge in [0.2, 0.25) is 0 Å². The van der Waals surface area contributed by atoms with Crippen molar-refractivity contribution in [1.82, 2.24) is 0 Å². The summed E-state index contributed by atoms with van der Waals surface area (Å²) in [6.45, 7) is 1.63. The Balaban J connectivity index is 2.58. The topological polar surface area (TPSA) is 37.3 Å². The van der Waals surface area contributed by atoms with Crippen LogP contribution in [0.15, 0.2) is 12.1 Å². The van der Waals surface area contributed by atoms with E-state index in [0.29, 0.717) is 24.0 Å². The lowest BCUT2D eigenvalue weighted by Crippen LogP contribution is -2.33. The maximum absolute atomic E-state index is 13.3. The highest BCUT2D eigenvalue weighted by molar-refractivity contribution is 5.82. The number of carboxylic acid groups (broad SMARTS) is 1. The summed E-state index contributed by atoms with van der Waals surface area (Å²) in [5.74, 6) is -2.84. The molecule has 2 rings (SSSR count). The van der Waals surface area contributed by atoms with Crippen molar-refractivity contribution in [2.75, 3.05) is 0 Å². The minimum atomic E-state index is -1.03. The van der Waals surface area contributed by atoms with Gasteiger partial charge < -0.3 is 5.11 Å². The van der Waals surface area contributed by atoms with Crippen molar-refractivity contribution in [2.45, 2.75) is 38.0 Å². The Hall–Kier alpha value is -1.45. The van der Waals surface area contributed by atoms with Gasteiger partial charge in [-0.05, 0) is 43.0 Å². The van der Waals surface area contributed by atoms with Gasteiger partial charge in [0, 0.05) is 0 Å². The number of hydrogen-bond donors (Lipinski definition) is 1. The smallest absolute Gasteiger partial charge is 0.314 e. The zero-order valence-electron chi connectivity index (χ0n) is 9.59. The van der Waals surface area contributed by atoms with Gasteiger partial charge in [-0.15, -0.1) is 0 Å². The summed E-state index contributed by atoms with van der Waals surface area (Å²) in [4.78, 5) is 11.5. The van der Waals surface area contributed by atoms with Gasteiger partial charge in [0.15, 0.2) is 11.6 Å². The van der Waals surface area contributed by atoms with E-state index in [-0.39, 0.29) is 0 Å². The van der Waals surface area contributed by atoms with Gasteiger partial charge in [0.1, 0.15) is 0 Å². The van der Waals surface area contributed by atoms with Crippen LogP contribution >= 0.6 is 0 Å². The van der Waals surface area contributed by atoms with Crippen LogP contribution in [-0.2, 0) is 10.2 Å². The second-order valence-corrected chi connectivity index (χ2v) is 4.68. The van der Waals surface area contributed by atoms with E-state index in [2.05, 4.69) is 0 Å².